The van der Waals surface area contributed by atoms with E-state index in [-0.39, 0.29) is 33.8 Å². The molecule has 0 aliphatic carbocycles. The summed E-state index contributed by atoms with van der Waals surface area (Å²) in [6.07, 6.45) is 0. The molecule has 218 valence electrons. The van der Waals surface area contributed by atoms with Gasteiger partial charge in [-0.1, -0.05) is 90.1 Å². The van der Waals surface area contributed by atoms with Crippen molar-refractivity contribution in [3.05, 3.63) is 83.9 Å². The first-order valence-corrected chi connectivity index (χ1v) is 16.3. The first-order chi connectivity index (χ1) is 19.0. The Kier molecular flexibility index (Phi) is 7.36. The zero-order chi connectivity index (χ0) is 29.8. The maximum Gasteiger partial charge on any atom is 0.297 e. The van der Waals surface area contributed by atoms with Crippen molar-refractivity contribution in [3.63, 3.8) is 0 Å². The van der Waals surface area contributed by atoms with Crippen molar-refractivity contribution in [2.45, 2.75) is 56.9 Å². The minimum atomic E-state index is -3.92. The molecule has 0 spiro atoms. The fraction of sp³-hybridized carbons (Fsp3) is 0.375. The molecule has 1 heterocycles. The van der Waals surface area contributed by atoms with Gasteiger partial charge < -0.3 is 4.74 Å². The SMILES string of the molecule is CC(C)(C)COS(=O)(=O)c1ccc2c(C3(c4cccc5cc(S(=O)(=O)OCC(C)(C)C)ccc45)CO3)cccc2c1. The molecule has 0 atom stereocenters. The molecule has 7 nitrogen and oxygen atoms in total. The van der Waals surface area contributed by atoms with Gasteiger partial charge in [0, 0.05) is 0 Å². The molecule has 0 amide bonds. The molecule has 1 saturated heterocycles. The monoisotopic (exact) mass is 596 g/mol. The number of epoxide rings is 1. The normalized spacial score (nSPS) is 15.9. The number of rotatable bonds is 8. The molecule has 9 heteroatoms. The average Bonchev–Trinajstić information content (AvgIpc) is 3.71. The molecule has 5 rings (SSSR count). The van der Waals surface area contributed by atoms with Crippen molar-refractivity contribution in [2.75, 3.05) is 19.8 Å². The largest absolute Gasteiger partial charge is 0.359 e. The van der Waals surface area contributed by atoms with Gasteiger partial charge in [0.15, 0.2) is 0 Å². The standard InChI is InChI=1S/C32H36O7S2/c1-30(2,3)19-38-40(33,34)24-13-15-26-22(17-24)9-7-11-28(26)32(21-37-32)29-12-8-10-23-18-25(14-16-27(23)29)41(35,36)39-20-31(4,5)6/h7-18H,19-21H2,1-6H3. The van der Waals surface area contributed by atoms with E-state index in [9.17, 15) is 16.8 Å². The van der Waals surface area contributed by atoms with E-state index in [0.717, 1.165) is 32.7 Å². The van der Waals surface area contributed by atoms with E-state index in [1.807, 2.05) is 77.9 Å². The summed E-state index contributed by atoms with van der Waals surface area (Å²) in [5, 5.41) is 3.24. The number of hydrogen-bond acceptors (Lipinski definition) is 7. The molecule has 0 N–H and O–H groups in total. The summed E-state index contributed by atoms with van der Waals surface area (Å²) in [5.74, 6) is 0. The molecule has 1 aliphatic rings. The minimum Gasteiger partial charge on any atom is -0.359 e. The van der Waals surface area contributed by atoms with Crippen LogP contribution in [0.3, 0.4) is 0 Å². The van der Waals surface area contributed by atoms with Gasteiger partial charge in [0.2, 0.25) is 0 Å². The second kappa shape index (κ2) is 10.2. The Bertz CT molecular complexity index is 1710. The van der Waals surface area contributed by atoms with Gasteiger partial charge in [-0.25, -0.2) is 0 Å². The third-order valence-corrected chi connectivity index (χ3v) is 9.40. The number of ether oxygens (including phenoxy) is 1. The molecule has 1 fully saturated rings. The lowest BCUT2D eigenvalue weighted by Gasteiger charge is -2.20. The fourth-order valence-electron chi connectivity index (χ4n) is 4.71. The van der Waals surface area contributed by atoms with Crippen molar-refractivity contribution in [1.29, 1.82) is 0 Å². The van der Waals surface area contributed by atoms with Crippen LogP contribution in [-0.4, -0.2) is 36.7 Å². The third-order valence-electron chi connectivity index (χ3n) is 6.88. The van der Waals surface area contributed by atoms with Crippen LogP contribution in [0.25, 0.3) is 21.5 Å². The van der Waals surface area contributed by atoms with Crippen LogP contribution in [0.4, 0.5) is 0 Å². The van der Waals surface area contributed by atoms with Crippen LogP contribution < -0.4 is 0 Å². The second-order valence-corrected chi connectivity index (χ2v) is 16.3. The topological polar surface area (TPSA) is 99.3 Å². The van der Waals surface area contributed by atoms with Crippen molar-refractivity contribution in [1.82, 2.24) is 0 Å². The van der Waals surface area contributed by atoms with E-state index in [1.54, 1.807) is 36.4 Å². The van der Waals surface area contributed by atoms with Crippen LogP contribution in [0.1, 0.15) is 52.7 Å². The number of benzene rings is 4. The van der Waals surface area contributed by atoms with Gasteiger partial charge in [-0.15, -0.1) is 0 Å². The number of fused-ring (bicyclic) bond motifs is 2. The molecule has 4 aromatic carbocycles. The number of hydrogen-bond donors (Lipinski definition) is 0. The first-order valence-electron chi connectivity index (χ1n) is 13.5. The predicted octanol–water partition coefficient (Wildman–Crippen LogP) is 6.77. The van der Waals surface area contributed by atoms with Crippen molar-refractivity contribution < 1.29 is 29.9 Å². The minimum absolute atomic E-state index is 0.0805. The summed E-state index contributed by atoms with van der Waals surface area (Å²) < 4.78 is 68.3. The Morgan fingerprint density at radius 3 is 1.39 bits per heavy atom. The van der Waals surface area contributed by atoms with Crippen molar-refractivity contribution >= 4 is 41.8 Å². The van der Waals surface area contributed by atoms with Gasteiger partial charge in [0.1, 0.15) is 5.60 Å². The summed E-state index contributed by atoms with van der Waals surface area (Å²) in [5.41, 5.74) is 0.482. The fourth-order valence-corrected chi connectivity index (χ4v) is 7.01. The summed E-state index contributed by atoms with van der Waals surface area (Å²) in [6.45, 7) is 12.1. The van der Waals surface area contributed by atoms with Crippen molar-refractivity contribution in [2.24, 2.45) is 10.8 Å². The first kappa shape index (κ1) is 29.7. The van der Waals surface area contributed by atoms with Gasteiger partial charge in [-0.2, -0.15) is 16.8 Å². The van der Waals surface area contributed by atoms with E-state index in [1.165, 1.54) is 0 Å². The lowest BCUT2D eigenvalue weighted by atomic mass is 9.85. The molecule has 0 saturated carbocycles. The lowest BCUT2D eigenvalue weighted by Crippen LogP contribution is -2.19. The van der Waals surface area contributed by atoms with Crippen LogP contribution in [0.2, 0.25) is 0 Å². The zero-order valence-corrected chi connectivity index (χ0v) is 25.9. The zero-order valence-electron chi connectivity index (χ0n) is 24.2. The summed E-state index contributed by atoms with van der Waals surface area (Å²) in [4.78, 5) is 0.203. The molecule has 1 aliphatic heterocycles. The quantitative estimate of drug-likeness (QED) is 0.163. The molecular weight excluding hydrogens is 560 g/mol. The second-order valence-electron chi connectivity index (χ2n) is 13.0. The highest BCUT2D eigenvalue weighted by atomic mass is 32.2. The average molecular weight is 597 g/mol. The molecule has 0 bridgehead atoms. The maximum absolute atomic E-state index is 12.9. The Labute approximate surface area is 242 Å². The Morgan fingerprint density at radius 1 is 0.659 bits per heavy atom. The Hall–Kier alpha value is -2.82. The Morgan fingerprint density at radius 2 is 1.05 bits per heavy atom. The van der Waals surface area contributed by atoms with Crippen LogP contribution >= 0.6 is 0 Å². The lowest BCUT2D eigenvalue weighted by molar-refractivity contribution is 0.203. The van der Waals surface area contributed by atoms with Gasteiger partial charge in [0.05, 0.1) is 29.6 Å². The van der Waals surface area contributed by atoms with Crippen LogP contribution in [0.5, 0.6) is 0 Å². The van der Waals surface area contributed by atoms with Gasteiger partial charge in [-0.3, -0.25) is 8.37 Å². The summed E-state index contributed by atoms with van der Waals surface area (Å²) in [6, 6.07) is 21.5. The van der Waals surface area contributed by atoms with Gasteiger partial charge >= 0.3 is 0 Å². The van der Waals surface area contributed by atoms with E-state index >= 15 is 0 Å². The highest BCUT2D eigenvalue weighted by Crippen LogP contribution is 2.50. The maximum atomic E-state index is 12.9. The molecule has 0 unspecified atom stereocenters. The van der Waals surface area contributed by atoms with Gasteiger partial charge in [-0.05, 0) is 67.8 Å². The molecule has 4 aromatic rings. The predicted molar refractivity (Wildman–Crippen MR) is 160 cm³/mol. The Balaban J connectivity index is 1.53. The van der Waals surface area contributed by atoms with E-state index in [2.05, 4.69) is 0 Å². The summed E-state index contributed by atoms with van der Waals surface area (Å²) >= 11 is 0. The van der Waals surface area contributed by atoms with Crippen LogP contribution in [0.15, 0.2) is 82.6 Å². The van der Waals surface area contributed by atoms with Crippen LogP contribution in [0, 0.1) is 10.8 Å². The van der Waals surface area contributed by atoms with Crippen LogP contribution in [-0.2, 0) is 38.9 Å². The van der Waals surface area contributed by atoms with Crippen molar-refractivity contribution in [3.8, 4) is 0 Å². The van der Waals surface area contributed by atoms with E-state index < -0.39 is 25.8 Å². The molecule has 0 aromatic heterocycles. The highest BCUT2D eigenvalue weighted by Gasteiger charge is 2.50. The highest BCUT2D eigenvalue weighted by molar-refractivity contribution is 7.87. The molecular formula is C32H36O7S2. The van der Waals surface area contributed by atoms with E-state index in [4.69, 9.17) is 13.1 Å². The molecule has 0 radical (unpaired) electrons. The molecule has 41 heavy (non-hydrogen) atoms. The van der Waals surface area contributed by atoms with E-state index in [0.29, 0.717) is 6.61 Å². The smallest absolute Gasteiger partial charge is 0.297 e. The van der Waals surface area contributed by atoms with Gasteiger partial charge in [0.25, 0.3) is 20.2 Å². The third kappa shape index (κ3) is 6.20. The summed E-state index contributed by atoms with van der Waals surface area (Å²) in [7, 11) is -7.84.